The normalized spacial score (nSPS) is 10.2. The lowest BCUT2D eigenvalue weighted by molar-refractivity contribution is -0.134. The molecule has 0 aliphatic carbocycles. The molecule has 3 nitrogen and oxygen atoms in total. The maximum absolute atomic E-state index is 11.9. The molecule has 0 unspecified atom stereocenters. The van der Waals surface area contributed by atoms with Crippen molar-refractivity contribution in [1.82, 2.24) is 0 Å². The average molecular weight is 305 g/mol. The van der Waals surface area contributed by atoms with Crippen LogP contribution in [0.25, 0.3) is 0 Å². The third-order valence-corrected chi connectivity index (χ3v) is 3.37. The van der Waals surface area contributed by atoms with E-state index in [-0.39, 0.29) is 5.97 Å². The first kappa shape index (κ1) is 15.4. The van der Waals surface area contributed by atoms with Crippen LogP contribution in [-0.2, 0) is 11.2 Å². The van der Waals surface area contributed by atoms with Crippen molar-refractivity contribution in [2.75, 3.05) is 7.11 Å². The number of rotatable bonds is 5. The fraction of sp³-hybridized carbons (Fsp3) is 0.235. The largest absolute Gasteiger partial charge is 0.497 e. The van der Waals surface area contributed by atoms with E-state index in [1.54, 1.807) is 25.3 Å². The summed E-state index contributed by atoms with van der Waals surface area (Å²) in [6, 6.07) is 12.8. The molecule has 0 N–H and O–H groups in total. The van der Waals surface area contributed by atoms with Gasteiger partial charge >= 0.3 is 5.97 Å². The van der Waals surface area contributed by atoms with Gasteiger partial charge in [0.05, 0.1) is 7.11 Å². The van der Waals surface area contributed by atoms with Crippen molar-refractivity contribution in [3.8, 4) is 11.5 Å². The van der Waals surface area contributed by atoms with Gasteiger partial charge < -0.3 is 9.47 Å². The lowest BCUT2D eigenvalue weighted by atomic mass is 10.1. The molecule has 110 valence electrons. The first-order valence-corrected chi connectivity index (χ1v) is 7.06. The van der Waals surface area contributed by atoms with Crippen LogP contribution in [0.3, 0.4) is 0 Å². The lowest BCUT2D eigenvalue weighted by Crippen LogP contribution is -2.09. The number of carbonyl (C=O) groups is 1. The molecule has 0 aliphatic rings. The highest BCUT2D eigenvalue weighted by molar-refractivity contribution is 6.30. The van der Waals surface area contributed by atoms with Gasteiger partial charge in [-0.25, -0.2) is 0 Å². The maximum Gasteiger partial charge on any atom is 0.311 e. The molecular formula is C17H17ClO3. The van der Waals surface area contributed by atoms with Crippen molar-refractivity contribution < 1.29 is 14.3 Å². The molecule has 0 fully saturated rings. The van der Waals surface area contributed by atoms with Crippen LogP contribution >= 0.6 is 11.6 Å². The van der Waals surface area contributed by atoms with Gasteiger partial charge in [0, 0.05) is 11.4 Å². The van der Waals surface area contributed by atoms with Crippen LogP contribution in [-0.4, -0.2) is 13.1 Å². The van der Waals surface area contributed by atoms with Crippen molar-refractivity contribution >= 4 is 17.6 Å². The minimum atomic E-state index is -0.253. The molecule has 21 heavy (non-hydrogen) atoms. The highest BCUT2D eigenvalue weighted by atomic mass is 35.5. The Balaban J connectivity index is 1.89. The highest BCUT2D eigenvalue weighted by Crippen LogP contribution is 2.22. The first-order valence-electron chi connectivity index (χ1n) is 6.68. The summed E-state index contributed by atoms with van der Waals surface area (Å²) >= 11 is 5.87. The molecule has 0 saturated carbocycles. The molecule has 0 aliphatic heterocycles. The standard InChI is InChI=1S/C17H17ClO3/c1-12-11-14(18)6-9-16(12)21-17(19)10-5-13-3-7-15(20-2)8-4-13/h3-4,6-9,11H,5,10H2,1-2H3. The number of methoxy groups -OCH3 is 1. The Labute approximate surface area is 129 Å². The van der Waals surface area contributed by atoms with Gasteiger partial charge in [-0.2, -0.15) is 0 Å². The number of hydrogen-bond acceptors (Lipinski definition) is 3. The number of carbonyl (C=O) groups excluding carboxylic acids is 1. The number of esters is 1. The minimum absolute atomic E-state index is 0.253. The van der Waals surface area contributed by atoms with Crippen molar-refractivity contribution in [2.24, 2.45) is 0 Å². The molecule has 2 aromatic carbocycles. The zero-order chi connectivity index (χ0) is 15.2. The van der Waals surface area contributed by atoms with Crippen molar-refractivity contribution in [2.45, 2.75) is 19.8 Å². The van der Waals surface area contributed by atoms with Gasteiger partial charge in [-0.1, -0.05) is 23.7 Å². The molecule has 2 rings (SSSR count). The van der Waals surface area contributed by atoms with Gasteiger partial charge in [0.1, 0.15) is 11.5 Å². The van der Waals surface area contributed by atoms with Crippen molar-refractivity contribution in [3.05, 3.63) is 58.6 Å². The van der Waals surface area contributed by atoms with Crippen LogP contribution in [0.1, 0.15) is 17.5 Å². The minimum Gasteiger partial charge on any atom is -0.497 e. The molecule has 0 saturated heterocycles. The second-order valence-corrected chi connectivity index (χ2v) is 5.17. The van der Waals surface area contributed by atoms with Gasteiger partial charge in [-0.3, -0.25) is 4.79 Å². The molecule has 0 aromatic heterocycles. The highest BCUT2D eigenvalue weighted by Gasteiger charge is 2.08. The van der Waals surface area contributed by atoms with E-state index in [1.165, 1.54) is 0 Å². The van der Waals surface area contributed by atoms with E-state index in [9.17, 15) is 4.79 Å². The van der Waals surface area contributed by atoms with Gasteiger partial charge in [-0.05, 0) is 54.8 Å². The molecule has 0 spiro atoms. The average Bonchev–Trinajstić information content (AvgIpc) is 2.48. The zero-order valence-corrected chi connectivity index (χ0v) is 12.8. The van der Waals surface area contributed by atoms with Crippen molar-refractivity contribution in [3.63, 3.8) is 0 Å². The molecular weight excluding hydrogens is 288 g/mol. The van der Waals surface area contributed by atoms with E-state index in [0.717, 1.165) is 16.9 Å². The summed E-state index contributed by atoms with van der Waals surface area (Å²) in [5.74, 6) is 1.11. The number of benzene rings is 2. The van der Waals surface area contributed by atoms with Crippen LogP contribution in [0.4, 0.5) is 0 Å². The van der Waals surface area contributed by atoms with Crippen LogP contribution in [0.2, 0.25) is 5.02 Å². The van der Waals surface area contributed by atoms with E-state index in [2.05, 4.69) is 0 Å². The Hall–Kier alpha value is -2.00. The predicted octanol–water partition coefficient (Wildman–Crippen LogP) is 4.20. The SMILES string of the molecule is COc1ccc(CCC(=O)Oc2ccc(Cl)cc2C)cc1. The Morgan fingerprint density at radius 1 is 1.14 bits per heavy atom. The fourth-order valence-corrected chi connectivity index (χ4v) is 2.17. The molecule has 0 radical (unpaired) electrons. The maximum atomic E-state index is 11.9. The zero-order valence-electron chi connectivity index (χ0n) is 12.1. The van der Waals surface area contributed by atoms with Crippen LogP contribution in [0.5, 0.6) is 11.5 Å². The number of halogens is 1. The van der Waals surface area contributed by atoms with E-state index in [1.807, 2.05) is 31.2 Å². The molecule has 0 atom stereocenters. The summed E-state index contributed by atoms with van der Waals surface area (Å²) in [6.07, 6.45) is 0.962. The number of ether oxygens (including phenoxy) is 2. The monoisotopic (exact) mass is 304 g/mol. The molecule has 4 heteroatoms. The Bertz CT molecular complexity index is 620. The second kappa shape index (κ2) is 7.14. The molecule has 0 bridgehead atoms. The summed E-state index contributed by atoms with van der Waals surface area (Å²) in [4.78, 5) is 11.9. The fourth-order valence-electron chi connectivity index (χ4n) is 1.94. The quantitative estimate of drug-likeness (QED) is 0.613. The Morgan fingerprint density at radius 2 is 1.86 bits per heavy atom. The number of aryl methyl sites for hydroxylation is 2. The predicted molar refractivity (Wildman–Crippen MR) is 83.1 cm³/mol. The summed E-state index contributed by atoms with van der Waals surface area (Å²) < 4.78 is 10.4. The molecule has 2 aromatic rings. The van der Waals surface area contributed by atoms with Gasteiger partial charge in [0.15, 0.2) is 0 Å². The summed E-state index contributed by atoms with van der Waals surface area (Å²) in [6.45, 7) is 1.86. The van der Waals surface area contributed by atoms with Gasteiger partial charge in [-0.15, -0.1) is 0 Å². The first-order chi connectivity index (χ1) is 10.1. The van der Waals surface area contributed by atoms with E-state index < -0.39 is 0 Å². The number of hydrogen-bond donors (Lipinski definition) is 0. The summed E-state index contributed by atoms with van der Waals surface area (Å²) in [5, 5.41) is 0.630. The lowest BCUT2D eigenvalue weighted by Gasteiger charge is -2.08. The van der Waals surface area contributed by atoms with Crippen LogP contribution in [0.15, 0.2) is 42.5 Å². The van der Waals surface area contributed by atoms with Crippen LogP contribution in [0, 0.1) is 6.92 Å². The third-order valence-electron chi connectivity index (χ3n) is 3.14. The van der Waals surface area contributed by atoms with Gasteiger partial charge in [0.2, 0.25) is 0 Å². The van der Waals surface area contributed by atoms with Crippen molar-refractivity contribution in [1.29, 1.82) is 0 Å². The Kier molecular flexibility index (Phi) is 5.23. The molecule has 0 heterocycles. The van der Waals surface area contributed by atoms with E-state index >= 15 is 0 Å². The Morgan fingerprint density at radius 3 is 2.48 bits per heavy atom. The van der Waals surface area contributed by atoms with E-state index in [4.69, 9.17) is 21.1 Å². The topological polar surface area (TPSA) is 35.5 Å². The molecule has 0 amide bonds. The smallest absolute Gasteiger partial charge is 0.311 e. The summed E-state index contributed by atoms with van der Waals surface area (Å²) in [7, 11) is 1.63. The van der Waals surface area contributed by atoms with E-state index in [0.29, 0.717) is 23.6 Å². The summed E-state index contributed by atoms with van der Waals surface area (Å²) in [5.41, 5.74) is 1.92. The third kappa shape index (κ3) is 4.50. The second-order valence-electron chi connectivity index (χ2n) is 4.73. The van der Waals surface area contributed by atoms with Crippen LogP contribution < -0.4 is 9.47 Å². The van der Waals surface area contributed by atoms with Gasteiger partial charge in [0.25, 0.3) is 0 Å².